The van der Waals surface area contributed by atoms with Crippen molar-refractivity contribution < 1.29 is 9.53 Å². The summed E-state index contributed by atoms with van der Waals surface area (Å²) in [5.74, 6) is 0.946. The zero-order valence-corrected chi connectivity index (χ0v) is 15.4. The molecule has 0 saturated carbocycles. The molecule has 26 heavy (non-hydrogen) atoms. The maximum absolute atomic E-state index is 12.5. The van der Waals surface area contributed by atoms with Crippen molar-refractivity contribution in [2.24, 2.45) is 0 Å². The summed E-state index contributed by atoms with van der Waals surface area (Å²) in [4.78, 5) is 12.5. The highest BCUT2D eigenvalue weighted by Gasteiger charge is 2.15. The van der Waals surface area contributed by atoms with E-state index < -0.39 is 0 Å². The molecule has 3 rings (SSSR count). The monoisotopic (exact) mass is 364 g/mol. The van der Waals surface area contributed by atoms with Crippen molar-refractivity contribution in [2.75, 3.05) is 0 Å². The Hall–Kier alpha value is -2.58. The summed E-state index contributed by atoms with van der Waals surface area (Å²) in [5.41, 5.74) is 2.79. The molecule has 0 amide bonds. The standard InChI is InChI=1S/C23H21ClO2/c1-17(14-23(25)21-12-5-6-13-22(21)24)19-10-7-11-20(15-19)26-16-18-8-3-2-4-9-18/h2-13,15,17H,14,16H2,1H3. The van der Waals surface area contributed by atoms with Crippen molar-refractivity contribution >= 4 is 17.4 Å². The van der Waals surface area contributed by atoms with E-state index in [0.717, 1.165) is 16.9 Å². The first-order valence-electron chi connectivity index (χ1n) is 8.68. The number of carbonyl (C=O) groups is 1. The second kappa shape index (κ2) is 8.68. The lowest BCUT2D eigenvalue weighted by Crippen LogP contribution is -2.06. The van der Waals surface area contributed by atoms with Crippen LogP contribution in [0.4, 0.5) is 0 Å². The van der Waals surface area contributed by atoms with Crippen molar-refractivity contribution in [2.45, 2.75) is 25.9 Å². The van der Waals surface area contributed by atoms with Crippen LogP contribution in [0.15, 0.2) is 78.9 Å². The van der Waals surface area contributed by atoms with E-state index in [2.05, 4.69) is 0 Å². The Kier molecular flexibility index (Phi) is 6.08. The second-order valence-corrected chi connectivity index (χ2v) is 6.76. The number of benzene rings is 3. The summed E-state index contributed by atoms with van der Waals surface area (Å²) in [6.07, 6.45) is 0.409. The number of carbonyl (C=O) groups excluding carboxylic acids is 1. The first-order chi connectivity index (χ1) is 12.6. The first-order valence-corrected chi connectivity index (χ1v) is 9.05. The fourth-order valence-electron chi connectivity index (χ4n) is 2.85. The highest BCUT2D eigenvalue weighted by Crippen LogP contribution is 2.27. The number of ketones is 1. The maximum Gasteiger partial charge on any atom is 0.164 e. The molecule has 1 atom stereocenters. The van der Waals surface area contributed by atoms with Gasteiger partial charge >= 0.3 is 0 Å². The minimum atomic E-state index is 0.0544. The summed E-state index contributed by atoms with van der Waals surface area (Å²) in [6.45, 7) is 2.57. The molecule has 0 bridgehead atoms. The molecule has 3 heteroatoms. The van der Waals surface area contributed by atoms with E-state index in [1.165, 1.54) is 0 Å². The molecule has 0 heterocycles. The zero-order valence-electron chi connectivity index (χ0n) is 14.7. The molecular weight excluding hydrogens is 344 g/mol. The maximum atomic E-state index is 12.5. The largest absolute Gasteiger partial charge is 0.489 e. The summed E-state index contributed by atoms with van der Waals surface area (Å²) in [7, 11) is 0. The molecule has 0 spiro atoms. The third-order valence-corrected chi connectivity index (χ3v) is 4.67. The average Bonchev–Trinajstić information content (AvgIpc) is 2.67. The predicted octanol–water partition coefficient (Wildman–Crippen LogP) is 6.30. The number of hydrogen-bond acceptors (Lipinski definition) is 2. The highest BCUT2D eigenvalue weighted by atomic mass is 35.5. The fraction of sp³-hybridized carbons (Fsp3) is 0.174. The normalized spacial score (nSPS) is 11.8. The van der Waals surface area contributed by atoms with Gasteiger partial charge in [-0.1, -0.05) is 73.1 Å². The van der Waals surface area contributed by atoms with Crippen LogP contribution in [0.3, 0.4) is 0 Å². The van der Waals surface area contributed by atoms with Crippen LogP contribution in [-0.2, 0) is 6.61 Å². The van der Waals surface area contributed by atoms with Crippen LogP contribution in [0.1, 0.15) is 40.7 Å². The van der Waals surface area contributed by atoms with Gasteiger partial charge in [0.25, 0.3) is 0 Å². The quantitative estimate of drug-likeness (QED) is 0.460. The van der Waals surface area contributed by atoms with Crippen LogP contribution in [-0.4, -0.2) is 5.78 Å². The Morgan fingerprint density at radius 1 is 0.962 bits per heavy atom. The number of hydrogen-bond donors (Lipinski definition) is 0. The van der Waals surface area contributed by atoms with Gasteiger partial charge in [-0.3, -0.25) is 4.79 Å². The van der Waals surface area contributed by atoms with Crippen LogP contribution in [0.5, 0.6) is 5.75 Å². The van der Waals surface area contributed by atoms with Gasteiger partial charge in [0.05, 0.1) is 5.02 Å². The Labute approximate surface area is 159 Å². The SMILES string of the molecule is CC(CC(=O)c1ccccc1Cl)c1cccc(OCc2ccccc2)c1. The molecule has 3 aromatic carbocycles. The Morgan fingerprint density at radius 3 is 2.46 bits per heavy atom. The molecule has 0 radical (unpaired) electrons. The lowest BCUT2D eigenvalue weighted by atomic mass is 9.93. The number of ether oxygens (including phenoxy) is 1. The van der Waals surface area contributed by atoms with Crippen LogP contribution < -0.4 is 4.74 Å². The van der Waals surface area contributed by atoms with Crippen molar-refractivity contribution in [3.63, 3.8) is 0 Å². The molecule has 132 valence electrons. The van der Waals surface area contributed by atoms with Gasteiger partial charge in [-0.15, -0.1) is 0 Å². The van der Waals surface area contributed by atoms with Crippen molar-refractivity contribution in [3.8, 4) is 5.75 Å². The molecule has 2 nitrogen and oxygen atoms in total. The molecule has 0 aliphatic carbocycles. The third kappa shape index (κ3) is 4.74. The topological polar surface area (TPSA) is 26.3 Å². The lowest BCUT2D eigenvalue weighted by molar-refractivity contribution is 0.0975. The summed E-state index contributed by atoms with van der Waals surface area (Å²) in [6, 6.07) is 25.2. The zero-order chi connectivity index (χ0) is 18.4. The molecule has 0 aliphatic rings. The molecule has 0 N–H and O–H groups in total. The Balaban J connectivity index is 1.65. The molecule has 0 fully saturated rings. The number of Topliss-reactive ketones (excluding diaryl/α,β-unsaturated/α-hetero) is 1. The lowest BCUT2D eigenvalue weighted by Gasteiger charge is -2.14. The van der Waals surface area contributed by atoms with E-state index in [4.69, 9.17) is 16.3 Å². The first kappa shape index (κ1) is 18.2. The molecule has 0 saturated heterocycles. The minimum absolute atomic E-state index is 0.0544. The van der Waals surface area contributed by atoms with Crippen LogP contribution in [0, 0.1) is 0 Å². The minimum Gasteiger partial charge on any atom is -0.489 e. The summed E-state index contributed by atoms with van der Waals surface area (Å²) < 4.78 is 5.89. The van der Waals surface area contributed by atoms with Crippen LogP contribution >= 0.6 is 11.6 Å². The van der Waals surface area contributed by atoms with E-state index in [1.54, 1.807) is 12.1 Å². The molecular formula is C23H21ClO2. The third-order valence-electron chi connectivity index (χ3n) is 4.34. The van der Waals surface area contributed by atoms with E-state index in [1.807, 2.05) is 73.7 Å². The van der Waals surface area contributed by atoms with Gasteiger partial charge in [0, 0.05) is 12.0 Å². The van der Waals surface area contributed by atoms with E-state index in [0.29, 0.717) is 23.6 Å². The second-order valence-electron chi connectivity index (χ2n) is 6.35. The van der Waals surface area contributed by atoms with Gasteiger partial charge in [0.1, 0.15) is 12.4 Å². The van der Waals surface area contributed by atoms with Crippen molar-refractivity contribution in [3.05, 3.63) is 101 Å². The molecule has 3 aromatic rings. The average molecular weight is 365 g/mol. The fourth-order valence-corrected chi connectivity index (χ4v) is 3.09. The molecule has 0 aromatic heterocycles. The van der Waals surface area contributed by atoms with Crippen LogP contribution in [0.25, 0.3) is 0 Å². The van der Waals surface area contributed by atoms with Gasteiger partial charge in [-0.05, 0) is 41.3 Å². The Bertz CT molecular complexity index is 874. The van der Waals surface area contributed by atoms with E-state index in [9.17, 15) is 4.79 Å². The smallest absolute Gasteiger partial charge is 0.164 e. The molecule has 1 unspecified atom stereocenters. The predicted molar refractivity (Wildman–Crippen MR) is 106 cm³/mol. The highest BCUT2D eigenvalue weighted by molar-refractivity contribution is 6.33. The van der Waals surface area contributed by atoms with Gasteiger partial charge < -0.3 is 4.74 Å². The van der Waals surface area contributed by atoms with Gasteiger partial charge in [0.15, 0.2) is 5.78 Å². The van der Waals surface area contributed by atoms with Gasteiger partial charge in [0.2, 0.25) is 0 Å². The van der Waals surface area contributed by atoms with Gasteiger partial charge in [-0.25, -0.2) is 0 Å². The number of halogens is 1. The van der Waals surface area contributed by atoms with Crippen LogP contribution in [0.2, 0.25) is 5.02 Å². The Morgan fingerprint density at radius 2 is 1.69 bits per heavy atom. The van der Waals surface area contributed by atoms with Gasteiger partial charge in [-0.2, -0.15) is 0 Å². The summed E-state index contributed by atoms with van der Waals surface area (Å²) in [5, 5.41) is 0.504. The van der Waals surface area contributed by atoms with Crippen molar-refractivity contribution in [1.29, 1.82) is 0 Å². The van der Waals surface area contributed by atoms with Crippen molar-refractivity contribution in [1.82, 2.24) is 0 Å². The summed E-state index contributed by atoms with van der Waals surface area (Å²) >= 11 is 6.13. The van der Waals surface area contributed by atoms with E-state index in [-0.39, 0.29) is 11.7 Å². The van der Waals surface area contributed by atoms with E-state index >= 15 is 0 Å². The molecule has 0 aliphatic heterocycles. The number of rotatable bonds is 7.